The highest BCUT2D eigenvalue weighted by Gasteiger charge is 2.21. The number of benzene rings is 1. The molecule has 2 heterocycles. The molecule has 1 aromatic carbocycles. The lowest BCUT2D eigenvalue weighted by Gasteiger charge is -2.28. The second kappa shape index (κ2) is 7.86. The summed E-state index contributed by atoms with van der Waals surface area (Å²) >= 11 is 0. The number of rotatable bonds is 5. The number of nitrogens with two attached hydrogens (primary N) is 1. The summed E-state index contributed by atoms with van der Waals surface area (Å²) in [6.07, 6.45) is 8.63. The SMILES string of the molecule is NC(=O)c1ccc(-n2cccc2-c2cccnc2)cc1NC1CCC(O)CC1. The van der Waals surface area contributed by atoms with Crippen LogP contribution in [0.3, 0.4) is 0 Å². The van der Waals surface area contributed by atoms with Crippen molar-refractivity contribution in [3.05, 3.63) is 66.6 Å². The Bertz CT molecular complexity index is 960. The van der Waals surface area contributed by atoms with E-state index in [0.717, 1.165) is 48.3 Å². The number of pyridine rings is 1. The highest BCUT2D eigenvalue weighted by molar-refractivity contribution is 5.99. The van der Waals surface area contributed by atoms with Crippen LogP contribution in [0, 0.1) is 0 Å². The Balaban J connectivity index is 1.68. The Morgan fingerprint density at radius 2 is 1.96 bits per heavy atom. The number of primary amides is 1. The molecule has 0 saturated heterocycles. The van der Waals surface area contributed by atoms with Gasteiger partial charge in [-0.15, -0.1) is 0 Å². The summed E-state index contributed by atoms with van der Waals surface area (Å²) in [7, 11) is 0. The van der Waals surface area contributed by atoms with Crippen LogP contribution in [0.2, 0.25) is 0 Å². The second-order valence-electron chi connectivity index (χ2n) is 7.25. The van der Waals surface area contributed by atoms with Crippen molar-refractivity contribution in [3.8, 4) is 16.9 Å². The van der Waals surface area contributed by atoms with Gasteiger partial charge in [-0.1, -0.05) is 0 Å². The van der Waals surface area contributed by atoms with Gasteiger partial charge >= 0.3 is 0 Å². The molecular weight excluding hydrogens is 352 g/mol. The molecule has 1 fully saturated rings. The molecule has 4 N–H and O–H groups in total. The lowest BCUT2D eigenvalue weighted by Crippen LogP contribution is -2.29. The molecule has 0 atom stereocenters. The predicted octanol–water partition coefficient (Wildman–Crippen LogP) is 3.35. The van der Waals surface area contributed by atoms with Crippen molar-refractivity contribution in [2.75, 3.05) is 5.32 Å². The number of aliphatic hydroxyl groups excluding tert-OH is 1. The first-order valence-electron chi connectivity index (χ1n) is 9.58. The number of anilines is 1. The van der Waals surface area contributed by atoms with E-state index >= 15 is 0 Å². The van der Waals surface area contributed by atoms with Gasteiger partial charge in [0, 0.05) is 41.6 Å². The molecule has 4 rings (SSSR count). The van der Waals surface area contributed by atoms with Gasteiger partial charge in [0.1, 0.15) is 0 Å². The van der Waals surface area contributed by atoms with Gasteiger partial charge in [0.2, 0.25) is 0 Å². The lowest BCUT2D eigenvalue weighted by atomic mass is 9.92. The Morgan fingerprint density at radius 1 is 1.14 bits per heavy atom. The van der Waals surface area contributed by atoms with Gasteiger partial charge in [-0.3, -0.25) is 9.78 Å². The number of carbonyl (C=O) groups is 1. The molecule has 6 nitrogen and oxygen atoms in total. The molecule has 0 unspecified atom stereocenters. The van der Waals surface area contributed by atoms with Gasteiger partial charge in [-0.2, -0.15) is 0 Å². The zero-order valence-electron chi connectivity index (χ0n) is 15.6. The van der Waals surface area contributed by atoms with E-state index in [1.54, 1.807) is 12.3 Å². The van der Waals surface area contributed by atoms with E-state index < -0.39 is 5.91 Å². The quantitative estimate of drug-likeness (QED) is 0.637. The van der Waals surface area contributed by atoms with Gasteiger partial charge in [0.25, 0.3) is 5.91 Å². The van der Waals surface area contributed by atoms with Crippen molar-refractivity contribution in [2.45, 2.75) is 37.8 Å². The van der Waals surface area contributed by atoms with E-state index in [4.69, 9.17) is 5.73 Å². The molecule has 0 spiro atoms. The molecule has 6 heteroatoms. The third-order valence-electron chi connectivity index (χ3n) is 5.31. The third-order valence-corrected chi connectivity index (χ3v) is 5.31. The van der Waals surface area contributed by atoms with E-state index in [9.17, 15) is 9.90 Å². The van der Waals surface area contributed by atoms with Crippen LogP contribution in [0.25, 0.3) is 16.9 Å². The van der Waals surface area contributed by atoms with Crippen LogP contribution in [-0.2, 0) is 0 Å². The van der Waals surface area contributed by atoms with Crippen molar-refractivity contribution in [2.24, 2.45) is 5.73 Å². The lowest BCUT2D eigenvalue weighted by molar-refractivity contribution is 0.100. The van der Waals surface area contributed by atoms with Crippen molar-refractivity contribution in [1.82, 2.24) is 9.55 Å². The van der Waals surface area contributed by atoms with Gasteiger partial charge in [0.05, 0.1) is 17.4 Å². The number of hydrogen-bond donors (Lipinski definition) is 3. The number of aromatic nitrogens is 2. The van der Waals surface area contributed by atoms with Crippen LogP contribution >= 0.6 is 0 Å². The van der Waals surface area contributed by atoms with Gasteiger partial charge in [0.15, 0.2) is 0 Å². The molecule has 1 saturated carbocycles. The average molecular weight is 376 g/mol. The average Bonchev–Trinajstić information content (AvgIpc) is 3.20. The largest absolute Gasteiger partial charge is 0.393 e. The molecule has 3 aromatic rings. The Hall–Kier alpha value is -3.12. The third kappa shape index (κ3) is 3.77. The minimum absolute atomic E-state index is 0.220. The summed E-state index contributed by atoms with van der Waals surface area (Å²) in [5.74, 6) is -0.454. The maximum absolute atomic E-state index is 11.9. The summed E-state index contributed by atoms with van der Waals surface area (Å²) in [6.45, 7) is 0. The normalized spacial score (nSPS) is 19.3. The fourth-order valence-corrected chi connectivity index (χ4v) is 3.81. The van der Waals surface area contributed by atoms with Gasteiger partial charge in [-0.25, -0.2) is 0 Å². The molecule has 2 aromatic heterocycles. The maximum atomic E-state index is 11.9. The first-order valence-corrected chi connectivity index (χ1v) is 9.58. The van der Waals surface area contributed by atoms with Crippen LogP contribution < -0.4 is 11.1 Å². The fraction of sp³-hybridized carbons (Fsp3) is 0.273. The highest BCUT2D eigenvalue weighted by Crippen LogP contribution is 2.29. The van der Waals surface area contributed by atoms with Crippen LogP contribution in [0.15, 0.2) is 61.1 Å². The van der Waals surface area contributed by atoms with E-state index in [1.807, 2.05) is 48.8 Å². The Labute approximate surface area is 164 Å². The second-order valence-corrected chi connectivity index (χ2v) is 7.25. The molecule has 1 amide bonds. The Morgan fingerprint density at radius 3 is 2.68 bits per heavy atom. The number of amides is 1. The summed E-state index contributed by atoms with van der Waals surface area (Å²) < 4.78 is 2.07. The first kappa shape index (κ1) is 18.3. The number of carbonyl (C=O) groups excluding carboxylic acids is 1. The molecule has 0 radical (unpaired) electrons. The van der Waals surface area contributed by atoms with Crippen molar-refractivity contribution in [1.29, 1.82) is 0 Å². The van der Waals surface area contributed by atoms with Gasteiger partial charge in [-0.05, 0) is 68.1 Å². The van der Waals surface area contributed by atoms with Crippen molar-refractivity contribution >= 4 is 11.6 Å². The number of aliphatic hydroxyl groups is 1. The van der Waals surface area contributed by atoms with E-state index in [-0.39, 0.29) is 12.1 Å². The van der Waals surface area contributed by atoms with E-state index in [1.165, 1.54) is 0 Å². The number of nitrogens with zero attached hydrogens (tertiary/aromatic N) is 2. The molecular formula is C22H24N4O2. The summed E-state index contributed by atoms with van der Waals surface area (Å²) in [5.41, 5.74) is 9.78. The summed E-state index contributed by atoms with van der Waals surface area (Å²) in [4.78, 5) is 16.1. The van der Waals surface area contributed by atoms with Crippen molar-refractivity contribution < 1.29 is 9.90 Å². The zero-order chi connectivity index (χ0) is 19.5. The molecule has 0 bridgehead atoms. The zero-order valence-corrected chi connectivity index (χ0v) is 15.6. The maximum Gasteiger partial charge on any atom is 0.250 e. The summed E-state index contributed by atoms with van der Waals surface area (Å²) in [6, 6.07) is 13.8. The number of nitrogens with one attached hydrogen (secondary N) is 1. The minimum atomic E-state index is -0.454. The minimum Gasteiger partial charge on any atom is -0.393 e. The summed E-state index contributed by atoms with van der Waals surface area (Å²) in [5, 5.41) is 13.2. The monoisotopic (exact) mass is 376 g/mol. The van der Waals surface area contributed by atoms with Crippen LogP contribution in [0.5, 0.6) is 0 Å². The first-order chi connectivity index (χ1) is 13.6. The molecule has 28 heavy (non-hydrogen) atoms. The van der Waals surface area contributed by atoms with E-state index in [2.05, 4.69) is 14.9 Å². The molecule has 144 valence electrons. The fourth-order valence-electron chi connectivity index (χ4n) is 3.81. The van der Waals surface area contributed by atoms with Crippen molar-refractivity contribution in [3.63, 3.8) is 0 Å². The molecule has 1 aliphatic carbocycles. The van der Waals surface area contributed by atoms with Crippen LogP contribution in [0.4, 0.5) is 5.69 Å². The Kier molecular flexibility index (Phi) is 5.12. The smallest absolute Gasteiger partial charge is 0.250 e. The highest BCUT2D eigenvalue weighted by atomic mass is 16.3. The molecule has 0 aliphatic heterocycles. The van der Waals surface area contributed by atoms with Crippen LogP contribution in [0.1, 0.15) is 36.0 Å². The van der Waals surface area contributed by atoms with E-state index in [0.29, 0.717) is 5.56 Å². The van der Waals surface area contributed by atoms with Gasteiger partial charge < -0.3 is 20.7 Å². The predicted molar refractivity (Wildman–Crippen MR) is 109 cm³/mol. The van der Waals surface area contributed by atoms with Crippen LogP contribution in [-0.4, -0.2) is 32.7 Å². The standard InChI is InChI=1S/C22H24N4O2/c23-22(28)19-10-7-17(13-20(19)25-16-5-8-18(27)9-6-16)26-12-2-4-21(26)15-3-1-11-24-14-15/h1-4,7,10-14,16,18,25,27H,5-6,8-9H2,(H2,23,28). The number of hydrogen-bond acceptors (Lipinski definition) is 4. The molecule has 1 aliphatic rings. The topological polar surface area (TPSA) is 93.2 Å².